The van der Waals surface area contributed by atoms with Gasteiger partial charge in [0.1, 0.15) is 11.5 Å². The fourth-order valence-electron chi connectivity index (χ4n) is 2.81. The van der Waals surface area contributed by atoms with Crippen LogP contribution in [0.1, 0.15) is 44.0 Å². The zero-order valence-corrected chi connectivity index (χ0v) is 15.1. The molecule has 1 heterocycles. The summed E-state index contributed by atoms with van der Waals surface area (Å²) in [6, 6.07) is 5.42. The van der Waals surface area contributed by atoms with E-state index in [9.17, 15) is 4.79 Å². The maximum absolute atomic E-state index is 13.1. The minimum atomic E-state index is -0.155. The van der Waals surface area contributed by atoms with E-state index in [1.54, 1.807) is 0 Å². The van der Waals surface area contributed by atoms with Gasteiger partial charge in [-0.2, -0.15) is 0 Å². The van der Waals surface area contributed by atoms with Gasteiger partial charge < -0.3 is 14.8 Å². The number of benzene rings is 1. The van der Waals surface area contributed by atoms with Crippen molar-refractivity contribution in [2.24, 2.45) is 0 Å². The van der Waals surface area contributed by atoms with Crippen LogP contribution in [0.15, 0.2) is 18.2 Å². The van der Waals surface area contributed by atoms with Crippen LogP contribution in [0.4, 0.5) is 0 Å². The molecule has 1 aromatic carbocycles. The molecular weight excluding hydrogens is 304 g/mol. The molecule has 5 nitrogen and oxygen atoms in total. The first-order valence-electron chi connectivity index (χ1n) is 9.06. The maximum Gasteiger partial charge on any atom is 0.183 e. The van der Waals surface area contributed by atoms with E-state index in [1.165, 1.54) is 0 Å². The van der Waals surface area contributed by atoms with E-state index in [1.807, 2.05) is 25.1 Å². The molecule has 24 heavy (non-hydrogen) atoms. The highest BCUT2D eigenvalue weighted by atomic mass is 16.5. The number of nitrogens with one attached hydrogen (secondary N) is 1. The third-order valence-electron chi connectivity index (χ3n) is 4.23. The average molecular weight is 334 g/mol. The molecule has 1 aliphatic rings. The van der Waals surface area contributed by atoms with Crippen molar-refractivity contribution in [2.75, 3.05) is 39.4 Å². The van der Waals surface area contributed by atoms with E-state index in [2.05, 4.69) is 24.1 Å². The lowest BCUT2D eigenvalue weighted by Crippen LogP contribution is -2.50. The molecule has 1 atom stereocenters. The van der Waals surface area contributed by atoms with Crippen molar-refractivity contribution in [3.63, 3.8) is 0 Å². The Balaban J connectivity index is 2.20. The summed E-state index contributed by atoms with van der Waals surface area (Å²) in [5.41, 5.74) is 0.628. The van der Waals surface area contributed by atoms with Gasteiger partial charge in [-0.15, -0.1) is 0 Å². The standard InChI is InChI=1S/C19H30N2O3/c1-4-12-23-16-6-7-18(24-13-5-2)17(14-16)19(22)15(3)21-10-8-20-9-11-21/h6-7,14-15,20H,4-5,8-13H2,1-3H3. The van der Waals surface area contributed by atoms with E-state index in [-0.39, 0.29) is 11.8 Å². The number of carbonyl (C=O) groups is 1. The minimum Gasteiger partial charge on any atom is -0.494 e. The van der Waals surface area contributed by atoms with E-state index in [0.717, 1.165) is 44.8 Å². The number of Topliss-reactive ketones (excluding diaryl/α,β-unsaturated/α-hetero) is 1. The Morgan fingerprint density at radius 2 is 1.83 bits per heavy atom. The smallest absolute Gasteiger partial charge is 0.183 e. The number of ether oxygens (including phenoxy) is 2. The lowest BCUT2D eigenvalue weighted by atomic mass is 10.0. The SMILES string of the molecule is CCCOc1ccc(OCCC)c(C(=O)C(C)N2CCNCC2)c1. The summed E-state index contributed by atoms with van der Waals surface area (Å²) in [7, 11) is 0. The predicted molar refractivity (Wildman–Crippen MR) is 96.2 cm³/mol. The molecule has 1 aromatic rings. The van der Waals surface area contributed by atoms with Crippen LogP contribution in [0.5, 0.6) is 11.5 Å². The van der Waals surface area contributed by atoms with Gasteiger partial charge in [0.2, 0.25) is 0 Å². The molecule has 1 aliphatic heterocycles. The number of rotatable bonds is 9. The maximum atomic E-state index is 13.1. The quantitative estimate of drug-likeness (QED) is 0.704. The van der Waals surface area contributed by atoms with Crippen LogP contribution in [0, 0.1) is 0 Å². The molecule has 1 fully saturated rings. The lowest BCUT2D eigenvalue weighted by Gasteiger charge is -2.32. The second-order valence-corrected chi connectivity index (χ2v) is 6.18. The molecule has 0 amide bonds. The predicted octanol–water partition coefficient (Wildman–Crippen LogP) is 2.74. The van der Waals surface area contributed by atoms with Crippen LogP contribution in [0.3, 0.4) is 0 Å². The van der Waals surface area contributed by atoms with Crippen molar-refractivity contribution in [3.05, 3.63) is 23.8 Å². The molecule has 1 unspecified atom stereocenters. The summed E-state index contributed by atoms with van der Waals surface area (Å²) in [6.07, 6.45) is 1.85. The molecule has 0 saturated carbocycles. The van der Waals surface area contributed by atoms with Gasteiger partial charge in [-0.25, -0.2) is 0 Å². The number of piperazine rings is 1. The zero-order valence-electron chi connectivity index (χ0n) is 15.1. The third-order valence-corrected chi connectivity index (χ3v) is 4.23. The molecule has 0 radical (unpaired) electrons. The monoisotopic (exact) mass is 334 g/mol. The highest BCUT2D eigenvalue weighted by Crippen LogP contribution is 2.27. The van der Waals surface area contributed by atoms with Crippen LogP contribution in [0.25, 0.3) is 0 Å². The summed E-state index contributed by atoms with van der Waals surface area (Å²) >= 11 is 0. The normalized spacial score (nSPS) is 16.6. The van der Waals surface area contributed by atoms with Crippen molar-refractivity contribution >= 4 is 5.78 Å². The lowest BCUT2D eigenvalue weighted by molar-refractivity contribution is 0.0815. The summed E-state index contributed by atoms with van der Waals surface area (Å²) in [4.78, 5) is 15.3. The van der Waals surface area contributed by atoms with Crippen LogP contribution in [-0.4, -0.2) is 56.1 Å². The molecule has 5 heteroatoms. The van der Waals surface area contributed by atoms with E-state index in [4.69, 9.17) is 9.47 Å². The van der Waals surface area contributed by atoms with Crippen molar-refractivity contribution in [3.8, 4) is 11.5 Å². The molecule has 0 aliphatic carbocycles. The van der Waals surface area contributed by atoms with Crippen LogP contribution < -0.4 is 14.8 Å². The number of hydrogen-bond acceptors (Lipinski definition) is 5. The molecular formula is C19H30N2O3. The summed E-state index contributed by atoms with van der Waals surface area (Å²) < 4.78 is 11.5. The van der Waals surface area contributed by atoms with Gasteiger partial charge in [0.25, 0.3) is 0 Å². The van der Waals surface area contributed by atoms with Crippen LogP contribution in [0.2, 0.25) is 0 Å². The molecule has 1 saturated heterocycles. The van der Waals surface area contributed by atoms with Crippen LogP contribution in [-0.2, 0) is 0 Å². The van der Waals surface area contributed by atoms with Gasteiger partial charge in [0, 0.05) is 26.2 Å². The van der Waals surface area contributed by atoms with Gasteiger partial charge in [0.05, 0.1) is 24.8 Å². The average Bonchev–Trinajstić information content (AvgIpc) is 2.64. The Labute approximate surface area is 145 Å². The number of ketones is 1. The van der Waals surface area contributed by atoms with Crippen molar-refractivity contribution in [2.45, 2.75) is 39.7 Å². The highest BCUT2D eigenvalue weighted by Gasteiger charge is 2.26. The zero-order chi connectivity index (χ0) is 17.4. The highest BCUT2D eigenvalue weighted by molar-refractivity contribution is 6.02. The molecule has 1 N–H and O–H groups in total. The first-order valence-corrected chi connectivity index (χ1v) is 9.06. The van der Waals surface area contributed by atoms with E-state index >= 15 is 0 Å². The minimum absolute atomic E-state index is 0.102. The van der Waals surface area contributed by atoms with Crippen molar-refractivity contribution < 1.29 is 14.3 Å². The fourth-order valence-corrected chi connectivity index (χ4v) is 2.81. The fraction of sp³-hybridized carbons (Fsp3) is 0.632. The molecule has 0 spiro atoms. The second-order valence-electron chi connectivity index (χ2n) is 6.18. The van der Waals surface area contributed by atoms with E-state index < -0.39 is 0 Å². The Bertz CT molecular complexity index is 527. The molecule has 134 valence electrons. The van der Waals surface area contributed by atoms with Gasteiger partial charge >= 0.3 is 0 Å². The Morgan fingerprint density at radius 1 is 1.17 bits per heavy atom. The summed E-state index contributed by atoms with van der Waals surface area (Å²) in [6.45, 7) is 11.0. The second kappa shape index (κ2) is 9.64. The largest absolute Gasteiger partial charge is 0.494 e. The van der Waals surface area contributed by atoms with Gasteiger partial charge in [-0.3, -0.25) is 9.69 Å². The Morgan fingerprint density at radius 3 is 2.50 bits per heavy atom. The number of hydrogen-bond donors (Lipinski definition) is 1. The molecule has 0 aromatic heterocycles. The third kappa shape index (κ3) is 4.95. The first kappa shape index (κ1) is 18.7. The van der Waals surface area contributed by atoms with Crippen molar-refractivity contribution in [1.82, 2.24) is 10.2 Å². The van der Waals surface area contributed by atoms with Gasteiger partial charge in [0.15, 0.2) is 5.78 Å². The Kier molecular flexibility index (Phi) is 7.53. The van der Waals surface area contributed by atoms with Crippen LogP contribution >= 0.6 is 0 Å². The first-order chi connectivity index (χ1) is 11.7. The Hall–Kier alpha value is -1.59. The number of nitrogens with zero attached hydrogens (tertiary/aromatic N) is 1. The number of carbonyl (C=O) groups excluding carboxylic acids is 1. The van der Waals surface area contributed by atoms with Gasteiger partial charge in [-0.05, 0) is 38.0 Å². The summed E-state index contributed by atoms with van der Waals surface area (Å²) in [5.74, 6) is 1.49. The molecule has 2 rings (SSSR count). The topological polar surface area (TPSA) is 50.8 Å². The molecule has 0 bridgehead atoms. The van der Waals surface area contributed by atoms with E-state index in [0.29, 0.717) is 24.5 Å². The van der Waals surface area contributed by atoms with Gasteiger partial charge in [-0.1, -0.05) is 13.8 Å². The summed E-state index contributed by atoms with van der Waals surface area (Å²) in [5, 5.41) is 3.32. The van der Waals surface area contributed by atoms with Crippen molar-refractivity contribution in [1.29, 1.82) is 0 Å².